The largest absolute Gasteiger partial charge is 0.456 e. The Morgan fingerprint density at radius 1 is 0.345 bits per heavy atom. The minimum atomic E-state index is 0.619. The molecule has 0 aliphatic heterocycles. The van der Waals surface area contributed by atoms with Gasteiger partial charge in [0.05, 0.1) is 0 Å². The van der Waals surface area contributed by atoms with Gasteiger partial charge in [-0.25, -0.2) is 15.0 Å². The van der Waals surface area contributed by atoms with Crippen LogP contribution < -0.4 is 10.4 Å². The van der Waals surface area contributed by atoms with Crippen LogP contribution in [0.4, 0.5) is 0 Å². The van der Waals surface area contributed by atoms with Crippen LogP contribution in [-0.2, 0) is 0 Å². The summed E-state index contributed by atoms with van der Waals surface area (Å²) in [5.74, 6) is 1.94. The minimum absolute atomic E-state index is 0.619. The average Bonchev–Trinajstić information content (AvgIpc) is 3.87. The van der Waals surface area contributed by atoms with Crippen LogP contribution >= 0.6 is 0 Å². The fraction of sp³-hybridized carbons (Fsp3) is 0.0377. The third-order valence-corrected chi connectivity index (χ3v) is 11.7. The Hall–Kier alpha value is -7.63. The third-order valence-electron chi connectivity index (χ3n) is 11.7. The summed E-state index contributed by atoms with van der Waals surface area (Å²) in [4.78, 5) is 15.9. The van der Waals surface area contributed by atoms with Crippen molar-refractivity contribution in [3.8, 4) is 33.9 Å². The molecule has 1 aliphatic rings. The molecule has 0 bridgehead atoms. The Balaban J connectivity index is 1.11. The number of hydrogen-bond donors (Lipinski definition) is 0. The number of nitrogens with zero attached hydrogens (tertiary/aromatic N) is 3. The van der Waals surface area contributed by atoms with Crippen molar-refractivity contribution in [2.24, 2.45) is 0 Å². The zero-order valence-electron chi connectivity index (χ0n) is 31.3. The van der Waals surface area contributed by atoms with Gasteiger partial charge in [-0.3, -0.25) is 0 Å². The van der Waals surface area contributed by atoms with E-state index in [4.69, 9.17) is 23.8 Å². The first-order valence-electron chi connectivity index (χ1n) is 19.7. The molecule has 0 spiro atoms. The maximum atomic E-state index is 6.49. The van der Waals surface area contributed by atoms with E-state index in [1.165, 1.54) is 32.9 Å². The predicted octanol–water partition coefficient (Wildman–Crippen LogP) is 12.0. The number of para-hydroxylation sites is 1. The number of furan rings is 2. The first-order valence-corrected chi connectivity index (χ1v) is 19.7. The van der Waals surface area contributed by atoms with Gasteiger partial charge in [0, 0.05) is 38.2 Å². The molecule has 0 saturated carbocycles. The summed E-state index contributed by atoms with van der Waals surface area (Å²) in [6.45, 7) is 0. The van der Waals surface area contributed by atoms with Crippen LogP contribution in [-0.4, -0.2) is 15.0 Å². The lowest BCUT2D eigenvalue weighted by Crippen LogP contribution is -2.33. The second-order valence-electron chi connectivity index (χ2n) is 15.0. The van der Waals surface area contributed by atoms with Crippen LogP contribution in [0, 0.1) is 0 Å². The van der Waals surface area contributed by atoms with Crippen molar-refractivity contribution in [3.63, 3.8) is 0 Å². The van der Waals surface area contributed by atoms with Crippen molar-refractivity contribution < 1.29 is 8.83 Å². The molecular formula is C53H33N3O2. The van der Waals surface area contributed by atoms with Gasteiger partial charge in [0.25, 0.3) is 0 Å². The van der Waals surface area contributed by atoms with Crippen LogP contribution in [0.5, 0.6) is 0 Å². The van der Waals surface area contributed by atoms with Crippen molar-refractivity contribution in [1.29, 1.82) is 0 Å². The van der Waals surface area contributed by atoms with E-state index < -0.39 is 0 Å². The molecule has 3 heterocycles. The van der Waals surface area contributed by atoms with Gasteiger partial charge in [-0.1, -0.05) is 140 Å². The van der Waals surface area contributed by atoms with E-state index in [0.717, 1.165) is 84.0 Å². The van der Waals surface area contributed by atoms with Crippen LogP contribution in [0.25, 0.3) is 99.7 Å². The van der Waals surface area contributed by atoms with Crippen LogP contribution in [0.1, 0.15) is 24.2 Å². The Labute approximate surface area is 332 Å². The fourth-order valence-electron chi connectivity index (χ4n) is 8.98. The second-order valence-corrected chi connectivity index (χ2v) is 15.0. The molecule has 1 aliphatic carbocycles. The number of fused-ring (bicyclic) bond motifs is 8. The van der Waals surface area contributed by atoms with E-state index in [2.05, 4.69) is 146 Å². The summed E-state index contributed by atoms with van der Waals surface area (Å²) in [7, 11) is 0. The third kappa shape index (κ3) is 5.21. The van der Waals surface area contributed by atoms with E-state index in [-0.39, 0.29) is 0 Å². The van der Waals surface area contributed by atoms with Crippen LogP contribution in [0.3, 0.4) is 0 Å². The Bertz CT molecular complexity index is 3580. The van der Waals surface area contributed by atoms with Gasteiger partial charge < -0.3 is 8.83 Å². The highest BCUT2D eigenvalue weighted by Crippen LogP contribution is 2.40. The molecule has 0 fully saturated rings. The molecule has 0 unspecified atom stereocenters. The lowest BCUT2D eigenvalue weighted by Gasteiger charge is -2.18. The van der Waals surface area contributed by atoms with Crippen molar-refractivity contribution in [3.05, 3.63) is 198 Å². The molecule has 272 valence electrons. The molecule has 8 aromatic carbocycles. The Morgan fingerprint density at radius 3 is 1.79 bits per heavy atom. The lowest BCUT2D eigenvalue weighted by atomic mass is 9.87. The van der Waals surface area contributed by atoms with E-state index in [1.54, 1.807) is 0 Å². The van der Waals surface area contributed by atoms with E-state index in [9.17, 15) is 0 Å². The molecule has 0 radical (unpaired) electrons. The maximum Gasteiger partial charge on any atom is 0.164 e. The fourth-order valence-corrected chi connectivity index (χ4v) is 8.98. The minimum Gasteiger partial charge on any atom is -0.456 e. The summed E-state index contributed by atoms with van der Waals surface area (Å²) >= 11 is 0. The first kappa shape index (κ1) is 32.6. The number of rotatable bonds is 5. The average molecular weight is 744 g/mol. The summed E-state index contributed by atoms with van der Waals surface area (Å²) in [5.41, 5.74) is 11.2. The van der Waals surface area contributed by atoms with E-state index in [1.807, 2.05) is 30.3 Å². The van der Waals surface area contributed by atoms with Crippen molar-refractivity contribution >= 4 is 65.8 Å². The summed E-state index contributed by atoms with van der Waals surface area (Å²) < 4.78 is 12.8. The molecule has 11 aromatic rings. The van der Waals surface area contributed by atoms with Crippen LogP contribution in [0.15, 0.2) is 185 Å². The zero-order valence-corrected chi connectivity index (χ0v) is 31.3. The molecule has 3 aromatic heterocycles. The van der Waals surface area contributed by atoms with Gasteiger partial charge >= 0.3 is 0 Å². The maximum absolute atomic E-state index is 6.49. The SMILES string of the molecule is c1ccc(-c2ccc3oc4cccc(C5=c6ccccc6=C(c6nc(-c7ccc8ccccc8c7)nc(-c7cccc8oc9ccccc9c78)n6)CC5)c4c3c2)cc1. The van der Waals surface area contributed by atoms with Crippen molar-refractivity contribution in [2.75, 3.05) is 0 Å². The van der Waals surface area contributed by atoms with Gasteiger partial charge in [-0.15, -0.1) is 0 Å². The van der Waals surface area contributed by atoms with E-state index in [0.29, 0.717) is 17.5 Å². The Morgan fingerprint density at radius 2 is 0.948 bits per heavy atom. The molecule has 0 atom stereocenters. The lowest BCUT2D eigenvalue weighted by molar-refractivity contribution is 0.668. The standard InChI is InChI=1S/C53H33N3O2/c1-2-12-32(13-3-1)35-26-29-46-44(31-35)49-40(19-10-22-47(49)58-46)39-27-28-41(38-17-7-6-16-37(38)39)52-54-51(36-25-24-33-14-4-5-15-34(33)30-36)55-53(56-52)43-20-11-23-48-50(43)42-18-8-9-21-45(42)57-48/h1-26,29-31H,27-28H2. The highest BCUT2D eigenvalue weighted by atomic mass is 16.3. The summed E-state index contributed by atoms with van der Waals surface area (Å²) in [5, 5.41) is 8.92. The van der Waals surface area contributed by atoms with Gasteiger partial charge in [-0.2, -0.15) is 0 Å². The predicted molar refractivity (Wildman–Crippen MR) is 235 cm³/mol. The highest BCUT2D eigenvalue weighted by molar-refractivity contribution is 6.12. The molecule has 0 saturated heterocycles. The molecule has 0 amide bonds. The van der Waals surface area contributed by atoms with Gasteiger partial charge in [0.2, 0.25) is 0 Å². The van der Waals surface area contributed by atoms with Crippen LogP contribution in [0.2, 0.25) is 0 Å². The quantitative estimate of drug-likeness (QED) is 0.176. The second kappa shape index (κ2) is 13.0. The smallest absolute Gasteiger partial charge is 0.164 e. The zero-order chi connectivity index (χ0) is 38.2. The van der Waals surface area contributed by atoms with E-state index >= 15 is 0 Å². The molecule has 5 heteroatoms. The first-order chi connectivity index (χ1) is 28.7. The summed E-state index contributed by atoms with van der Waals surface area (Å²) in [6, 6.07) is 61.3. The topological polar surface area (TPSA) is 65.0 Å². The van der Waals surface area contributed by atoms with Crippen molar-refractivity contribution in [1.82, 2.24) is 15.0 Å². The number of hydrogen-bond acceptors (Lipinski definition) is 5. The van der Waals surface area contributed by atoms with Gasteiger partial charge in [0.15, 0.2) is 17.5 Å². The molecule has 12 rings (SSSR count). The summed E-state index contributed by atoms with van der Waals surface area (Å²) in [6.07, 6.45) is 1.57. The highest BCUT2D eigenvalue weighted by Gasteiger charge is 2.23. The molecule has 5 nitrogen and oxygen atoms in total. The number of aromatic nitrogens is 3. The molecule has 58 heavy (non-hydrogen) atoms. The van der Waals surface area contributed by atoms with Crippen molar-refractivity contribution in [2.45, 2.75) is 12.8 Å². The molecule has 0 N–H and O–H groups in total. The van der Waals surface area contributed by atoms with Gasteiger partial charge in [0.1, 0.15) is 22.3 Å². The Kier molecular flexibility index (Phi) is 7.29. The monoisotopic (exact) mass is 743 g/mol. The molecular weight excluding hydrogens is 711 g/mol. The number of benzene rings is 8. The van der Waals surface area contributed by atoms with Gasteiger partial charge in [-0.05, 0) is 92.7 Å². The normalized spacial score (nSPS) is 13.0.